The molecule has 0 aliphatic carbocycles. The molecule has 2 atom stereocenters. The number of carbonyl (C=O) groups is 2. The minimum Gasteiger partial charge on any atom is -0.410 e. The number of aromatic nitrogens is 1. The quantitative estimate of drug-likeness (QED) is 0.365. The number of hydrogen-bond donors (Lipinski definition) is 0. The van der Waals surface area contributed by atoms with Gasteiger partial charge in [-0.25, -0.2) is 18.6 Å². The molecule has 2 aliphatic heterocycles. The van der Waals surface area contributed by atoms with Gasteiger partial charge in [-0.3, -0.25) is 4.79 Å². The van der Waals surface area contributed by atoms with Crippen molar-refractivity contribution in [3.8, 4) is 5.75 Å². The predicted molar refractivity (Wildman–Crippen MR) is 149 cm³/mol. The summed E-state index contributed by atoms with van der Waals surface area (Å²) in [5.41, 5.74) is 0.632. The first-order chi connectivity index (χ1) is 19.2. The number of amides is 2. The van der Waals surface area contributed by atoms with E-state index in [4.69, 9.17) is 27.9 Å². The molecular weight excluding hydrogens is 561 g/mol. The van der Waals surface area contributed by atoms with Gasteiger partial charge in [0, 0.05) is 51.3 Å². The smallest absolute Gasteiger partial charge is 0.410 e. The van der Waals surface area contributed by atoms with Crippen LogP contribution in [-0.2, 0) is 4.79 Å². The molecule has 3 aromatic rings. The zero-order chi connectivity index (χ0) is 28.4. The van der Waals surface area contributed by atoms with Gasteiger partial charge in [0.2, 0.25) is 5.91 Å². The second-order valence-corrected chi connectivity index (χ2v) is 11.0. The highest BCUT2D eigenvalue weighted by molar-refractivity contribution is 6.30. The van der Waals surface area contributed by atoms with E-state index in [0.717, 1.165) is 5.82 Å². The summed E-state index contributed by atoms with van der Waals surface area (Å²) in [5.74, 6) is -0.532. The molecule has 2 aromatic carbocycles. The molecule has 7 nitrogen and oxygen atoms in total. The second kappa shape index (κ2) is 12.0. The third kappa shape index (κ3) is 6.15. The van der Waals surface area contributed by atoms with E-state index >= 15 is 0 Å². The van der Waals surface area contributed by atoms with Crippen LogP contribution in [0.2, 0.25) is 10.0 Å². The van der Waals surface area contributed by atoms with Gasteiger partial charge in [-0.1, -0.05) is 29.3 Å². The maximum Gasteiger partial charge on any atom is 0.415 e. The molecule has 3 heterocycles. The molecule has 0 spiro atoms. The number of anilines is 1. The first kappa shape index (κ1) is 28.1. The van der Waals surface area contributed by atoms with E-state index in [1.54, 1.807) is 30.3 Å². The number of piperidine rings is 1. The molecule has 0 saturated carbocycles. The van der Waals surface area contributed by atoms with E-state index in [0.29, 0.717) is 43.1 Å². The summed E-state index contributed by atoms with van der Waals surface area (Å²) in [6.07, 6.45) is 2.27. The summed E-state index contributed by atoms with van der Waals surface area (Å²) >= 11 is 11.9. The second-order valence-electron chi connectivity index (χ2n) is 10.1. The number of nitrogens with zero attached hydrogens (tertiary/aromatic N) is 4. The molecular formula is C29H28Cl2F2N4O3. The molecule has 40 heavy (non-hydrogen) atoms. The Labute approximate surface area is 241 Å². The topological polar surface area (TPSA) is 66.0 Å². The number of hydrogen-bond acceptors (Lipinski definition) is 5. The minimum atomic E-state index is -0.658. The number of likely N-dealkylation sites (N-methyl/N-ethyl adjacent to an activating group) is 1. The normalized spacial score (nSPS) is 19.5. The van der Waals surface area contributed by atoms with Crippen molar-refractivity contribution >= 4 is 41.0 Å². The fourth-order valence-corrected chi connectivity index (χ4v) is 5.64. The molecule has 210 valence electrons. The van der Waals surface area contributed by atoms with Crippen LogP contribution in [0.25, 0.3) is 0 Å². The van der Waals surface area contributed by atoms with Crippen LogP contribution in [0, 0.1) is 17.6 Å². The zero-order valence-electron chi connectivity index (χ0n) is 21.8. The Kier molecular flexibility index (Phi) is 8.42. The van der Waals surface area contributed by atoms with Crippen LogP contribution in [0.4, 0.5) is 19.4 Å². The highest BCUT2D eigenvalue weighted by Gasteiger charge is 2.42. The fourth-order valence-electron chi connectivity index (χ4n) is 5.41. The maximum absolute atomic E-state index is 14.4. The van der Waals surface area contributed by atoms with Gasteiger partial charge in [0.1, 0.15) is 23.2 Å². The van der Waals surface area contributed by atoms with Crippen molar-refractivity contribution in [3.63, 3.8) is 0 Å². The molecule has 5 rings (SSSR count). The van der Waals surface area contributed by atoms with Crippen LogP contribution >= 0.6 is 23.2 Å². The van der Waals surface area contributed by atoms with Crippen molar-refractivity contribution in [1.82, 2.24) is 14.8 Å². The third-order valence-electron chi connectivity index (χ3n) is 7.66. The Bertz CT molecular complexity index is 1370. The monoisotopic (exact) mass is 588 g/mol. The van der Waals surface area contributed by atoms with E-state index in [1.807, 2.05) is 6.07 Å². The number of pyridine rings is 1. The van der Waals surface area contributed by atoms with Crippen LogP contribution in [0.1, 0.15) is 24.3 Å². The van der Waals surface area contributed by atoms with E-state index < -0.39 is 23.8 Å². The Morgan fingerprint density at radius 1 is 1.00 bits per heavy atom. The summed E-state index contributed by atoms with van der Waals surface area (Å²) in [7, 11) is 1.58. The minimum absolute atomic E-state index is 0.00256. The molecule has 2 saturated heterocycles. The van der Waals surface area contributed by atoms with Crippen LogP contribution in [0.15, 0.2) is 60.8 Å². The summed E-state index contributed by atoms with van der Waals surface area (Å²) in [4.78, 5) is 36.4. The average Bonchev–Trinajstić information content (AvgIpc) is 3.41. The Hall–Kier alpha value is -3.43. The van der Waals surface area contributed by atoms with E-state index in [2.05, 4.69) is 9.88 Å². The number of ether oxygens (including phenoxy) is 1. The van der Waals surface area contributed by atoms with E-state index in [1.165, 1.54) is 41.3 Å². The molecule has 2 amide bonds. The van der Waals surface area contributed by atoms with Crippen LogP contribution in [0.3, 0.4) is 0 Å². The van der Waals surface area contributed by atoms with Gasteiger partial charge in [-0.15, -0.1) is 0 Å². The molecule has 2 aliphatic rings. The molecule has 0 unspecified atom stereocenters. The molecule has 2 fully saturated rings. The number of carbonyl (C=O) groups excluding carboxylic acids is 2. The highest BCUT2D eigenvalue weighted by Crippen LogP contribution is 2.35. The van der Waals surface area contributed by atoms with Crippen LogP contribution < -0.4 is 9.64 Å². The average molecular weight is 589 g/mol. The molecule has 0 radical (unpaired) electrons. The van der Waals surface area contributed by atoms with Crippen molar-refractivity contribution in [3.05, 3.63) is 88.0 Å². The number of rotatable bonds is 5. The highest BCUT2D eigenvalue weighted by atomic mass is 35.5. The molecule has 11 heteroatoms. The van der Waals surface area contributed by atoms with Crippen molar-refractivity contribution in [2.24, 2.45) is 5.92 Å². The van der Waals surface area contributed by atoms with Gasteiger partial charge < -0.3 is 19.4 Å². The lowest BCUT2D eigenvalue weighted by Crippen LogP contribution is -2.45. The third-order valence-corrected chi connectivity index (χ3v) is 8.19. The number of benzene rings is 2. The predicted octanol–water partition coefficient (Wildman–Crippen LogP) is 6.01. The lowest BCUT2D eigenvalue weighted by Gasteiger charge is -2.34. The SMILES string of the molecule is CN(C(=O)Oc1ccc(F)cc1)[C@@H]1CN(C(=O)C2CCN(c3ccc(Cl)cn3)CC2)C[C@H]1c1ccc(Cl)c(F)c1. The van der Waals surface area contributed by atoms with Crippen molar-refractivity contribution in [2.45, 2.75) is 24.8 Å². The van der Waals surface area contributed by atoms with Gasteiger partial charge in [0.05, 0.1) is 16.1 Å². The standard InChI is InChI=1S/C29H28Cl2F2N4O3/c1-35(29(39)40-22-6-4-21(32)5-7-22)26-17-37(16-23(26)19-2-8-24(31)25(33)14-19)28(38)18-10-12-36(13-11-18)27-9-3-20(30)15-34-27/h2-9,14-15,18,23,26H,10-13,16-17H2,1H3/t23-,26+/m0/s1. The molecule has 0 bridgehead atoms. The Balaban J connectivity index is 1.30. The van der Waals surface area contributed by atoms with Crippen molar-refractivity contribution in [1.29, 1.82) is 0 Å². The molecule has 0 N–H and O–H groups in total. The van der Waals surface area contributed by atoms with Crippen molar-refractivity contribution in [2.75, 3.05) is 38.1 Å². The first-order valence-corrected chi connectivity index (χ1v) is 13.8. The largest absolute Gasteiger partial charge is 0.415 e. The van der Waals surface area contributed by atoms with E-state index in [9.17, 15) is 18.4 Å². The van der Waals surface area contributed by atoms with Crippen LogP contribution in [-0.4, -0.2) is 66.1 Å². The van der Waals surface area contributed by atoms with Gasteiger partial charge in [0.25, 0.3) is 0 Å². The lowest BCUT2D eigenvalue weighted by molar-refractivity contribution is -0.135. The lowest BCUT2D eigenvalue weighted by atomic mass is 9.93. The summed E-state index contributed by atoms with van der Waals surface area (Å²) in [5, 5.41) is 0.566. The zero-order valence-corrected chi connectivity index (χ0v) is 23.3. The fraction of sp³-hybridized carbons (Fsp3) is 0.345. The molecule has 1 aromatic heterocycles. The Morgan fingerprint density at radius 2 is 1.73 bits per heavy atom. The van der Waals surface area contributed by atoms with Gasteiger partial charge in [-0.05, 0) is 66.9 Å². The summed E-state index contributed by atoms with van der Waals surface area (Å²) in [6, 6.07) is 12.9. The van der Waals surface area contributed by atoms with Crippen LogP contribution in [0.5, 0.6) is 5.75 Å². The van der Waals surface area contributed by atoms with E-state index in [-0.39, 0.29) is 35.1 Å². The van der Waals surface area contributed by atoms with Gasteiger partial charge in [-0.2, -0.15) is 0 Å². The number of likely N-dealkylation sites (tertiary alicyclic amines) is 1. The van der Waals surface area contributed by atoms with Gasteiger partial charge >= 0.3 is 6.09 Å². The Morgan fingerprint density at radius 3 is 2.38 bits per heavy atom. The number of halogens is 4. The first-order valence-electron chi connectivity index (χ1n) is 13.0. The maximum atomic E-state index is 14.4. The summed E-state index contributed by atoms with van der Waals surface area (Å²) < 4.78 is 33.1. The van der Waals surface area contributed by atoms with Gasteiger partial charge in [0.15, 0.2) is 0 Å². The van der Waals surface area contributed by atoms with Crippen molar-refractivity contribution < 1.29 is 23.1 Å². The summed E-state index contributed by atoms with van der Waals surface area (Å²) in [6.45, 7) is 1.94.